The van der Waals surface area contributed by atoms with Gasteiger partial charge >= 0.3 is 0 Å². The largest absolute Gasteiger partial charge is 0.380 e. The fraction of sp³-hybridized carbons (Fsp3) is 0.304. The number of allylic oxidation sites excluding steroid dienone is 3. The summed E-state index contributed by atoms with van der Waals surface area (Å²) in [5, 5.41) is 3.67. The van der Waals surface area contributed by atoms with Crippen molar-refractivity contribution in [1.82, 2.24) is 10.2 Å². The molecule has 3 aliphatic rings. The highest BCUT2D eigenvalue weighted by Gasteiger charge is 2.43. The van der Waals surface area contributed by atoms with Crippen molar-refractivity contribution in [2.45, 2.75) is 32.4 Å². The SMILES string of the molecule is C=CC(=O)N1CCCc2c(cccc2C2=C(F)C=C(C(N)=O)C3NC(C)=C(Cl)C23)C1. The molecule has 2 atom stereocenters. The summed E-state index contributed by atoms with van der Waals surface area (Å²) in [5.74, 6) is -1.82. The molecule has 7 heteroatoms. The number of rotatable bonds is 3. The summed E-state index contributed by atoms with van der Waals surface area (Å²) in [5.41, 5.74) is 9.60. The molecule has 4 rings (SSSR count). The van der Waals surface area contributed by atoms with Crippen molar-refractivity contribution in [3.63, 3.8) is 0 Å². The van der Waals surface area contributed by atoms with Gasteiger partial charge < -0.3 is 16.0 Å². The monoisotopic (exact) mass is 427 g/mol. The van der Waals surface area contributed by atoms with Crippen molar-refractivity contribution in [3.05, 3.63) is 75.7 Å². The second-order valence-corrected chi connectivity index (χ2v) is 8.22. The van der Waals surface area contributed by atoms with Crippen LogP contribution in [0.5, 0.6) is 0 Å². The molecular weight excluding hydrogens is 405 g/mol. The van der Waals surface area contributed by atoms with Gasteiger partial charge in [-0.2, -0.15) is 0 Å². The molecule has 1 aromatic carbocycles. The van der Waals surface area contributed by atoms with Gasteiger partial charge in [0.1, 0.15) is 5.83 Å². The first kappa shape index (κ1) is 20.4. The molecule has 2 heterocycles. The van der Waals surface area contributed by atoms with Crippen molar-refractivity contribution in [1.29, 1.82) is 0 Å². The summed E-state index contributed by atoms with van der Waals surface area (Å²) < 4.78 is 15.4. The second kappa shape index (κ2) is 7.76. The van der Waals surface area contributed by atoms with Gasteiger partial charge in [0.05, 0.1) is 6.04 Å². The van der Waals surface area contributed by atoms with Crippen LogP contribution in [-0.4, -0.2) is 29.3 Å². The first-order valence-corrected chi connectivity index (χ1v) is 10.3. The third-order valence-electron chi connectivity index (χ3n) is 6.07. The molecule has 0 fully saturated rings. The van der Waals surface area contributed by atoms with Crippen LogP contribution in [0.25, 0.3) is 5.57 Å². The topological polar surface area (TPSA) is 75.4 Å². The molecule has 0 radical (unpaired) electrons. The quantitative estimate of drug-likeness (QED) is 0.726. The maximum Gasteiger partial charge on any atom is 0.246 e. The van der Waals surface area contributed by atoms with E-state index < -0.39 is 23.7 Å². The minimum Gasteiger partial charge on any atom is -0.380 e. The van der Waals surface area contributed by atoms with Gasteiger partial charge in [-0.05, 0) is 48.6 Å². The lowest BCUT2D eigenvalue weighted by atomic mass is 9.77. The molecule has 0 saturated carbocycles. The molecule has 2 amide bonds. The number of nitrogens with two attached hydrogens (primary N) is 1. The van der Waals surface area contributed by atoms with E-state index in [9.17, 15) is 9.59 Å². The Morgan fingerprint density at radius 2 is 2.17 bits per heavy atom. The van der Waals surface area contributed by atoms with E-state index in [2.05, 4.69) is 11.9 Å². The Morgan fingerprint density at radius 3 is 2.87 bits per heavy atom. The van der Waals surface area contributed by atoms with Crippen LogP contribution in [0.15, 0.2) is 59.1 Å². The van der Waals surface area contributed by atoms with E-state index in [1.165, 1.54) is 12.2 Å². The number of nitrogens with one attached hydrogen (secondary N) is 1. The molecule has 156 valence electrons. The Kier molecular flexibility index (Phi) is 5.28. The zero-order valence-electron chi connectivity index (χ0n) is 16.7. The molecule has 0 saturated heterocycles. The Balaban J connectivity index is 1.86. The highest BCUT2D eigenvalue weighted by molar-refractivity contribution is 6.31. The van der Waals surface area contributed by atoms with Gasteiger partial charge in [0.2, 0.25) is 11.8 Å². The predicted octanol–water partition coefficient (Wildman–Crippen LogP) is 3.31. The number of hydrogen-bond acceptors (Lipinski definition) is 3. The van der Waals surface area contributed by atoms with Gasteiger partial charge in [-0.15, -0.1) is 0 Å². The van der Waals surface area contributed by atoms with Crippen molar-refractivity contribution < 1.29 is 14.0 Å². The minimum absolute atomic E-state index is 0.119. The van der Waals surface area contributed by atoms with E-state index in [1.807, 2.05) is 18.2 Å². The third kappa shape index (κ3) is 3.25. The van der Waals surface area contributed by atoms with Gasteiger partial charge in [0.15, 0.2) is 0 Å². The van der Waals surface area contributed by atoms with Gasteiger partial charge in [0.25, 0.3) is 0 Å². The smallest absolute Gasteiger partial charge is 0.246 e. The van der Waals surface area contributed by atoms with Crippen molar-refractivity contribution in [3.8, 4) is 0 Å². The summed E-state index contributed by atoms with van der Waals surface area (Å²) >= 11 is 6.59. The van der Waals surface area contributed by atoms with Crippen molar-refractivity contribution >= 4 is 29.0 Å². The number of halogens is 2. The minimum atomic E-state index is -0.670. The average Bonchev–Trinajstić information content (AvgIpc) is 2.90. The number of primary amides is 1. The van der Waals surface area contributed by atoms with Gasteiger partial charge in [-0.25, -0.2) is 4.39 Å². The highest BCUT2D eigenvalue weighted by Crippen LogP contribution is 2.47. The van der Waals surface area contributed by atoms with Crippen LogP contribution in [0.2, 0.25) is 0 Å². The third-order valence-corrected chi connectivity index (χ3v) is 6.59. The van der Waals surface area contributed by atoms with Crippen LogP contribution in [0.3, 0.4) is 0 Å². The number of carbonyl (C=O) groups excluding carboxylic acids is 2. The Hall–Kier alpha value is -2.86. The first-order valence-electron chi connectivity index (χ1n) is 9.89. The lowest BCUT2D eigenvalue weighted by Crippen LogP contribution is -2.39. The molecule has 0 bridgehead atoms. The van der Waals surface area contributed by atoms with Crippen LogP contribution in [-0.2, 0) is 22.6 Å². The summed E-state index contributed by atoms with van der Waals surface area (Å²) in [4.78, 5) is 25.8. The summed E-state index contributed by atoms with van der Waals surface area (Å²) in [6, 6.07) is 5.22. The molecule has 3 N–H and O–H groups in total. The Bertz CT molecular complexity index is 1060. The van der Waals surface area contributed by atoms with E-state index in [1.54, 1.807) is 11.8 Å². The van der Waals surface area contributed by atoms with Crippen LogP contribution in [0.1, 0.15) is 30.0 Å². The predicted molar refractivity (Wildman–Crippen MR) is 115 cm³/mol. The number of amides is 2. The van der Waals surface area contributed by atoms with E-state index in [4.69, 9.17) is 17.3 Å². The number of hydrogen-bond donors (Lipinski definition) is 2. The molecule has 1 aliphatic carbocycles. The van der Waals surface area contributed by atoms with E-state index in [0.717, 1.165) is 23.1 Å². The Morgan fingerprint density at radius 1 is 1.40 bits per heavy atom. The normalized spacial score (nSPS) is 23.3. The zero-order chi connectivity index (χ0) is 21.6. The van der Waals surface area contributed by atoms with Crippen LogP contribution in [0, 0.1) is 5.92 Å². The molecule has 1 aromatic rings. The number of nitrogens with zero attached hydrogens (tertiary/aromatic N) is 1. The molecular formula is C23H23ClFN3O2. The summed E-state index contributed by atoms with van der Waals surface area (Å²) in [6.45, 7) is 6.44. The summed E-state index contributed by atoms with van der Waals surface area (Å²) in [7, 11) is 0. The lowest BCUT2D eigenvalue weighted by molar-refractivity contribution is -0.126. The molecule has 2 unspecified atom stereocenters. The average molecular weight is 428 g/mol. The van der Waals surface area contributed by atoms with E-state index >= 15 is 4.39 Å². The van der Waals surface area contributed by atoms with Gasteiger partial charge in [-0.3, -0.25) is 9.59 Å². The van der Waals surface area contributed by atoms with Crippen molar-refractivity contribution in [2.75, 3.05) is 6.54 Å². The van der Waals surface area contributed by atoms with Crippen LogP contribution in [0.4, 0.5) is 4.39 Å². The Labute approximate surface area is 179 Å². The summed E-state index contributed by atoms with van der Waals surface area (Å²) in [6.07, 6.45) is 4.01. The molecule has 5 nitrogen and oxygen atoms in total. The maximum absolute atomic E-state index is 15.4. The first-order chi connectivity index (χ1) is 14.3. The van der Waals surface area contributed by atoms with E-state index in [-0.39, 0.29) is 11.5 Å². The van der Waals surface area contributed by atoms with Crippen LogP contribution < -0.4 is 11.1 Å². The fourth-order valence-corrected chi connectivity index (χ4v) is 4.96. The molecule has 0 aromatic heterocycles. The number of fused-ring (bicyclic) bond motifs is 2. The number of benzene rings is 1. The number of carbonyl (C=O) groups is 2. The van der Waals surface area contributed by atoms with Crippen LogP contribution >= 0.6 is 11.6 Å². The van der Waals surface area contributed by atoms with Gasteiger partial charge in [-0.1, -0.05) is 36.4 Å². The lowest BCUT2D eigenvalue weighted by Gasteiger charge is -2.30. The highest BCUT2D eigenvalue weighted by atomic mass is 35.5. The molecule has 2 aliphatic heterocycles. The van der Waals surface area contributed by atoms with Crippen molar-refractivity contribution in [2.24, 2.45) is 11.7 Å². The van der Waals surface area contributed by atoms with Gasteiger partial charge in [0, 0.05) is 40.9 Å². The fourth-order valence-electron chi connectivity index (χ4n) is 4.67. The van der Waals surface area contributed by atoms with E-state index in [0.29, 0.717) is 35.8 Å². The molecule has 30 heavy (non-hydrogen) atoms. The molecule has 0 spiro atoms. The maximum atomic E-state index is 15.4. The zero-order valence-corrected chi connectivity index (χ0v) is 17.4. The standard InChI is InChI=1S/C23H23ClFN3O2/c1-3-18(29)28-9-5-8-14-13(11-28)6-4-7-15(14)19-17(25)10-16(23(26)30)22-20(19)21(24)12(2)27-22/h3-4,6-7,10,20,22,27H,1,5,8-9,11H2,2H3,(H2,26,30). The second-order valence-electron chi connectivity index (χ2n) is 7.81.